The molecule has 1 aliphatic rings. The van der Waals surface area contributed by atoms with Crippen molar-refractivity contribution in [3.63, 3.8) is 0 Å². The summed E-state index contributed by atoms with van der Waals surface area (Å²) in [5.41, 5.74) is 5.41. The number of aryl methyl sites for hydroxylation is 1. The van der Waals surface area contributed by atoms with Gasteiger partial charge in [-0.2, -0.15) is 5.26 Å². The van der Waals surface area contributed by atoms with Gasteiger partial charge in [0.15, 0.2) is 0 Å². The van der Waals surface area contributed by atoms with Gasteiger partial charge >= 0.3 is 0 Å². The van der Waals surface area contributed by atoms with Crippen molar-refractivity contribution in [3.8, 4) is 6.07 Å². The summed E-state index contributed by atoms with van der Waals surface area (Å²) < 4.78 is 0. The highest BCUT2D eigenvalue weighted by atomic mass is 14.7. The van der Waals surface area contributed by atoms with E-state index in [4.69, 9.17) is 5.26 Å². The Morgan fingerprint density at radius 1 is 1.42 bits per heavy atom. The molecule has 0 saturated heterocycles. The molecule has 0 aliphatic heterocycles. The van der Waals surface area contributed by atoms with E-state index in [-0.39, 0.29) is 0 Å². The van der Waals surface area contributed by atoms with Crippen molar-refractivity contribution in [1.82, 2.24) is 4.98 Å². The number of hydrogen-bond acceptors (Lipinski definition) is 1. The molecular formula is C17H20N2. The number of aromatic amines is 1. The summed E-state index contributed by atoms with van der Waals surface area (Å²) in [6, 6.07) is 9.10. The van der Waals surface area contributed by atoms with Crippen LogP contribution in [0.15, 0.2) is 18.2 Å². The van der Waals surface area contributed by atoms with Gasteiger partial charge in [-0.05, 0) is 54.4 Å². The summed E-state index contributed by atoms with van der Waals surface area (Å²) in [7, 11) is 0. The number of nitrogens with zero attached hydrogens (tertiary/aromatic N) is 1. The maximum atomic E-state index is 9.04. The van der Waals surface area contributed by atoms with E-state index in [1.54, 1.807) is 0 Å². The predicted octanol–water partition coefficient (Wildman–Crippen LogP) is 4.62. The zero-order valence-electron chi connectivity index (χ0n) is 11.7. The lowest BCUT2D eigenvalue weighted by atomic mass is 9.83. The van der Waals surface area contributed by atoms with Crippen LogP contribution in [0.25, 0.3) is 10.9 Å². The van der Waals surface area contributed by atoms with Crippen LogP contribution < -0.4 is 0 Å². The first kappa shape index (κ1) is 12.3. The predicted molar refractivity (Wildman–Crippen MR) is 78.3 cm³/mol. The van der Waals surface area contributed by atoms with E-state index in [0.29, 0.717) is 18.3 Å². The highest BCUT2D eigenvalue weighted by Crippen LogP contribution is 2.39. The molecule has 2 aromatic rings. The van der Waals surface area contributed by atoms with E-state index in [1.807, 2.05) is 0 Å². The lowest BCUT2D eigenvalue weighted by molar-refractivity contribution is 0.561. The molecule has 0 fully saturated rings. The normalized spacial score (nSPS) is 18.5. The zero-order chi connectivity index (χ0) is 13.4. The highest BCUT2D eigenvalue weighted by Gasteiger charge is 2.24. The molecule has 0 radical (unpaired) electrons. The average molecular weight is 252 g/mol. The molecule has 1 aromatic heterocycles. The van der Waals surface area contributed by atoms with Crippen LogP contribution in [0.4, 0.5) is 0 Å². The first-order valence-electron chi connectivity index (χ1n) is 7.22. The maximum absolute atomic E-state index is 9.04. The van der Waals surface area contributed by atoms with Gasteiger partial charge in [0.2, 0.25) is 0 Å². The van der Waals surface area contributed by atoms with E-state index < -0.39 is 0 Å². The fourth-order valence-corrected chi connectivity index (χ4v) is 3.29. The second-order valence-electron chi connectivity index (χ2n) is 5.93. The Labute approximate surface area is 114 Å². The molecule has 1 aliphatic carbocycles. The molecule has 19 heavy (non-hydrogen) atoms. The third kappa shape index (κ3) is 2.04. The topological polar surface area (TPSA) is 39.6 Å². The van der Waals surface area contributed by atoms with Crippen LogP contribution >= 0.6 is 0 Å². The fraction of sp³-hybridized carbons (Fsp3) is 0.471. The third-order valence-electron chi connectivity index (χ3n) is 4.34. The van der Waals surface area contributed by atoms with E-state index >= 15 is 0 Å². The average Bonchev–Trinajstić information content (AvgIpc) is 2.77. The molecule has 98 valence electrons. The molecular weight excluding hydrogens is 232 g/mol. The van der Waals surface area contributed by atoms with E-state index in [0.717, 1.165) is 12.8 Å². The minimum Gasteiger partial charge on any atom is -0.358 e. The van der Waals surface area contributed by atoms with Crippen LogP contribution in [-0.4, -0.2) is 4.98 Å². The standard InChI is InChI=1S/C17H20N2/c1-11(2)13-6-7-15-14(10-13)17-12(8-9-18)4-3-5-16(17)19-15/h6-7,10-12,19H,3-5,8H2,1-2H3. The Bertz CT molecular complexity index is 643. The number of fused-ring (bicyclic) bond motifs is 3. The van der Waals surface area contributed by atoms with Gasteiger partial charge in [-0.25, -0.2) is 0 Å². The van der Waals surface area contributed by atoms with Crippen molar-refractivity contribution in [2.45, 2.75) is 51.4 Å². The SMILES string of the molecule is CC(C)c1ccc2[nH]c3c(c2c1)C(CC#N)CCC3. The van der Waals surface area contributed by atoms with Gasteiger partial charge in [0, 0.05) is 23.0 Å². The molecule has 1 N–H and O–H groups in total. The van der Waals surface area contributed by atoms with Gasteiger partial charge in [-0.15, -0.1) is 0 Å². The number of nitriles is 1. The number of aromatic nitrogens is 1. The Hall–Kier alpha value is -1.75. The fourth-order valence-electron chi connectivity index (χ4n) is 3.29. The number of nitrogens with one attached hydrogen (secondary N) is 1. The van der Waals surface area contributed by atoms with Gasteiger partial charge in [-0.3, -0.25) is 0 Å². The van der Waals surface area contributed by atoms with Crippen molar-refractivity contribution < 1.29 is 0 Å². The molecule has 2 heteroatoms. The Kier molecular flexibility index (Phi) is 3.06. The number of H-pyrrole nitrogens is 1. The Morgan fingerprint density at radius 2 is 2.26 bits per heavy atom. The monoisotopic (exact) mass is 252 g/mol. The van der Waals surface area contributed by atoms with Crippen LogP contribution in [0.1, 0.15) is 61.8 Å². The summed E-state index contributed by atoms with van der Waals surface area (Å²) in [6.07, 6.45) is 4.12. The molecule has 0 bridgehead atoms. The van der Waals surface area contributed by atoms with Crippen molar-refractivity contribution in [2.75, 3.05) is 0 Å². The van der Waals surface area contributed by atoms with E-state index in [9.17, 15) is 0 Å². The van der Waals surface area contributed by atoms with Crippen LogP contribution in [-0.2, 0) is 6.42 Å². The molecule has 1 heterocycles. The lowest BCUT2D eigenvalue weighted by Crippen LogP contribution is -2.08. The molecule has 1 unspecified atom stereocenters. The summed E-state index contributed by atoms with van der Waals surface area (Å²) >= 11 is 0. The first-order chi connectivity index (χ1) is 9.20. The molecule has 1 atom stereocenters. The number of benzene rings is 1. The Balaban J connectivity index is 2.18. The molecule has 0 spiro atoms. The maximum Gasteiger partial charge on any atom is 0.0628 e. The van der Waals surface area contributed by atoms with Gasteiger partial charge < -0.3 is 4.98 Å². The zero-order valence-corrected chi connectivity index (χ0v) is 11.7. The summed E-state index contributed by atoms with van der Waals surface area (Å²) in [4.78, 5) is 3.56. The second-order valence-corrected chi connectivity index (χ2v) is 5.93. The minimum absolute atomic E-state index is 0.421. The van der Waals surface area contributed by atoms with Crippen LogP contribution in [0.5, 0.6) is 0 Å². The summed E-state index contributed by atoms with van der Waals surface area (Å²) in [6.45, 7) is 4.46. The molecule has 2 nitrogen and oxygen atoms in total. The highest BCUT2D eigenvalue weighted by molar-refractivity contribution is 5.86. The van der Waals surface area contributed by atoms with Crippen molar-refractivity contribution in [1.29, 1.82) is 5.26 Å². The Morgan fingerprint density at radius 3 is 3.00 bits per heavy atom. The quantitative estimate of drug-likeness (QED) is 0.832. The summed E-state index contributed by atoms with van der Waals surface area (Å²) in [5.74, 6) is 0.970. The van der Waals surface area contributed by atoms with Crippen molar-refractivity contribution in [2.24, 2.45) is 0 Å². The number of hydrogen-bond donors (Lipinski definition) is 1. The molecule has 1 aromatic carbocycles. The van der Waals surface area contributed by atoms with Crippen LogP contribution in [0, 0.1) is 11.3 Å². The van der Waals surface area contributed by atoms with Gasteiger partial charge in [0.05, 0.1) is 6.07 Å². The first-order valence-corrected chi connectivity index (χ1v) is 7.22. The third-order valence-corrected chi connectivity index (χ3v) is 4.34. The lowest BCUT2D eigenvalue weighted by Gasteiger charge is -2.20. The smallest absolute Gasteiger partial charge is 0.0628 e. The van der Waals surface area contributed by atoms with Gasteiger partial charge in [0.1, 0.15) is 0 Å². The van der Waals surface area contributed by atoms with E-state index in [1.165, 1.54) is 34.1 Å². The van der Waals surface area contributed by atoms with Crippen molar-refractivity contribution in [3.05, 3.63) is 35.0 Å². The van der Waals surface area contributed by atoms with Gasteiger partial charge in [0.25, 0.3) is 0 Å². The minimum atomic E-state index is 0.421. The summed E-state index contributed by atoms with van der Waals surface area (Å²) in [5, 5.41) is 10.4. The van der Waals surface area contributed by atoms with Crippen LogP contribution in [0.2, 0.25) is 0 Å². The second kappa shape index (κ2) is 4.74. The molecule has 0 saturated carbocycles. The number of rotatable bonds is 2. The van der Waals surface area contributed by atoms with Crippen LogP contribution in [0.3, 0.4) is 0 Å². The van der Waals surface area contributed by atoms with E-state index in [2.05, 4.69) is 43.1 Å². The van der Waals surface area contributed by atoms with Crippen molar-refractivity contribution >= 4 is 10.9 Å². The van der Waals surface area contributed by atoms with Gasteiger partial charge in [-0.1, -0.05) is 19.9 Å². The largest absolute Gasteiger partial charge is 0.358 e. The molecule has 0 amide bonds. The molecule has 3 rings (SSSR count).